The number of allylic oxidation sites excluding steroid dienone is 1. The maximum Gasteiger partial charge on any atom is 0.0939 e. The van der Waals surface area contributed by atoms with Gasteiger partial charge in [-0.05, 0) is 25.7 Å². The summed E-state index contributed by atoms with van der Waals surface area (Å²) in [5.74, 6) is -0.460. The first kappa shape index (κ1) is 15.0. The van der Waals surface area contributed by atoms with E-state index in [9.17, 15) is 20.4 Å². The molecule has 2 aliphatic carbocycles. The summed E-state index contributed by atoms with van der Waals surface area (Å²) < 4.78 is 0. The molecular weight excluding hydrogens is 244 g/mol. The summed E-state index contributed by atoms with van der Waals surface area (Å²) in [7, 11) is 0. The van der Waals surface area contributed by atoms with Gasteiger partial charge in [0.15, 0.2) is 0 Å². The fourth-order valence-corrected chi connectivity index (χ4v) is 3.80. The minimum Gasteiger partial charge on any atom is -0.393 e. The molecule has 0 amide bonds. The highest BCUT2D eigenvalue weighted by atomic mass is 16.3. The van der Waals surface area contributed by atoms with Gasteiger partial charge in [0.2, 0.25) is 0 Å². The van der Waals surface area contributed by atoms with Crippen LogP contribution in [0.25, 0.3) is 0 Å². The lowest BCUT2D eigenvalue weighted by atomic mass is 9.76. The SMILES string of the molecule is CC(C)C1=CC2C(C(O)CC2(C)O)C(O)(CO)CC1. The number of rotatable bonds is 2. The van der Waals surface area contributed by atoms with Crippen molar-refractivity contribution in [2.45, 2.75) is 57.3 Å². The molecule has 0 heterocycles. The molecule has 0 spiro atoms. The van der Waals surface area contributed by atoms with Crippen molar-refractivity contribution >= 4 is 0 Å². The van der Waals surface area contributed by atoms with E-state index in [1.165, 1.54) is 5.57 Å². The van der Waals surface area contributed by atoms with Gasteiger partial charge in [-0.3, -0.25) is 0 Å². The Kier molecular flexibility index (Phi) is 3.82. The standard InChI is InChI=1S/C15H26O4/c1-9(2)10-4-5-15(19,8-16)13-11(6-10)14(3,18)7-12(13)17/h6,9,11-13,16-19H,4-5,7-8H2,1-3H3. The van der Waals surface area contributed by atoms with E-state index in [0.717, 1.165) is 0 Å². The molecule has 0 bridgehead atoms. The monoisotopic (exact) mass is 270 g/mol. The zero-order valence-corrected chi connectivity index (χ0v) is 12.0. The third-order valence-electron chi connectivity index (χ3n) is 5.02. The normalized spacial score (nSPS) is 46.9. The van der Waals surface area contributed by atoms with E-state index in [2.05, 4.69) is 13.8 Å². The molecule has 4 heteroatoms. The van der Waals surface area contributed by atoms with Crippen LogP contribution in [0.1, 0.15) is 40.0 Å². The summed E-state index contributed by atoms with van der Waals surface area (Å²) >= 11 is 0. The lowest BCUT2D eigenvalue weighted by Gasteiger charge is -2.37. The van der Waals surface area contributed by atoms with Gasteiger partial charge in [0.25, 0.3) is 0 Å². The summed E-state index contributed by atoms with van der Waals surface area (Å²) in [6.07, 6.45) is 2.62. The van der Waals surface area contributed by atoms with E-state index in [4.69, 9.17) is 0 Å². The summed E-state index contributed by atoms with van der Waals surface area (Å²) in [6, 6.07) is 0. The molecule has 2 aliphatic rings. The molecule has 0 radical (unpaired) electrons. The van der Waals surface area contributed by atoms with Crippen molar-refractivity contribution in [3.63, 3.8) is 0 Å². The molecule has 2 rings (SSSR count). The molecular formula is C15H26O4. The molecule has 0 saturated heterocycles. The van der Waals surface area contributed by atoms with Crippen LogP contribution in [0.5, 0.6) is 0 Å². The Bertz CT molecular complexity index is 374. The first-order chi connectivity index (χ1) is 8.71. The van der Waals surface area contributed by atoms with E-state index in [1.807, 2.05) is 6.08 Å². The van der Waals surface area contributed by atoms with Gasteiger partial charge in [-0.1, -0.05) is 25.5 Å². The molecule has 0 aromatic rings. The zero-order valence-electron chi connectivity index (χ0n) is 12.0. The molecule has 5 unspecified atom stereocenters. The molecule has 0 aromatic carbocycles. The van der Waals surface area contributed by atoms with Crippen molar-refractivity contribution in [2.24, 2.45) is 17.8 Å². The van der Waals surface area contributed by atoms with Gasteiger partial charge in [-0.15, -0.1) is 0 Å². The first-order valence-electron chi connectivity index (χ1n) is 7.15. The van der Waals surface area contributed by atoms with Gasteiger partial charge in [0.1, 0.15) is 0 Å². The van der Waals surface area contributed by atoms with Crippen molar-refractivity contribution in [3.8, 4) is 0 Å². The van der Waals surface area contributed by atoms with Crippen LogP contribution in [0.4, 0.5) is 0 Å². The summed E-state index contributed by atoms with van der Waals surface area (Å²) in [4.78, 5) is 0. The Morgan fingerprint density at radius 1 is 1.37 bits per heavy atom. The van der Waals surface area contributed by atoms with E-state index in [0.29, 0.717) is 18.8 Å². The van der Waals surface area contributed by atoms with E-state index in [1.54, 1.807) is 6.92 Å². The third-order valence-corrected chi connectivity index (χ3v) is 5.02. The van der Waals surface area contributed by atoms with Gasteiger partial charge in [-0.25, -0.2) is 0 Å². The fourth-order valence-electron chi connectivity index (χ4n) is 3.80. The van der Waals surface area contributed by atoms with Crippen molar-refractivity contribution in [1.82, 2.24) is 0 Å². The second-order valence-corrected chi connectivity index (χ2v) is 6.84. The van der Waals surface area contributed by atoms with Crippen LogP contribution in [-0.2, 0) is 0 Å². The van der Waals surface area contributed by atoms with Gasteiger partial charge in [-0.2, -0.15) is 0 Å². The molecule has 1 saturated carbocycles. The summed E-state index contributed by atoms with van der Waals surface area (Å²) in [5, 5.41) is 41.0. The second-order valence-electron chi connectivity index (χ2n) is 6.84. The quantitative estimate of drug-likeness (QED) is 0.560. The highest BCUT2D eigenvalue weighted by Gasteiger charge is 2.57. The Labute approximate surface area is 114 Å². The van der Waals surface area contributed by atoms with Crippen LogP contribution in [0, 0.1) is 17.8 Å². The average Bonchev–Trinajstić information content (AvgIpc) is 2.47. The van der Waals surface area contributed by atoms with Crippen molar-refractivity contribution in [3.05, 3.63) is 11.6 Å². The predicted molar refractivity (Wildman–Crippen MR) is 72.4 cm³/mol. The number of fused-ring (bicyclic) bond motifs is 1. The van der Waals surface area contributed by atoms with E-state index in [-0.39, 0.29) is 18.9 Å². The van der Waals surface area contributed by atoms with E-state index < -0.39 is 23.2 Å². The molecule has 5 atom stereocenters. The Morgan fingerprint density at radius 2 is 2.00 bits per heavy atom. The maximum atomic E-state index is 10.7. The first-order valence-corrected chi connectivity index (χ1v) is 7.15. The Hall–Kier alpha value is -0.420. The lowest BCUT2D eigenvalue weighted by Crippen LogP contribution is -2.48. The van der Waals surface area contributed by atoms with Crippen molar-refractivity contribution in [2.75, 3.05) is 6.61 Å². The van der Waals surface area contributed by atoms with Gasteiger partial charge < -0.3 is 20.4 Å². The van der Waals surface area contributed by atoms with Crippen molar-refractivity contribution < 1.29 is 20.4 Å². The smallest absolute Gasteiger partial charge is 0.0939 e. The Balaban J connectivity index is 2.45. The summed E-state index contributed by atoms with van der Waals surface area (Å²) in [5.41, 5.74) is -1.15. The molecule has 4 N–H and O–H groups in total. The zero-order chi connectivity index (χ0) is 14.4. The topological polar surface area (TPSA) is 80.9 Å². The second kappa shape index (κ2) is 4.85. The fraction of sp³-hybridized carbons (Fsp3) is 0.867. The van der Waals surface area contributed by atoms with Crippen LogP contribution in [0.2, 0.25) is 0 Å². The highest BCUT2D eigenvalue weighted by Crippen LogP contribution is 2.50. The van der Waals surface area contributed by atoms with Gasteiger partial charge >= 0.3 is 0 Å². The molecule has 4 nitrogen and oxygen atoms in total. The molecule has 0 aromatic heterocycles. The van der Waals surface area contributed by atoms with Crippen LogP contribution < -0.4 is 0 Å². The van der Waals surface area contributed by atoms with Gasteiger partial charge in [0.05, 0.1) is 23.9 Å². The molecule has 19 heavy (non-hydrogen) atoms. The predicted octanol–water partition coefficient (Wildman–Crippen LogP) is 0.834. The van der Waals surface area contributed by atoms with Crippen LogP contribution in [0.3, 0.4) is 0 Å². The largest absolute Gasteiger partial charge is 0.393 e. The lowest BCUT2D eigenvalue weighted by molar-refractivity contribution is -0.108. The Morgan fingerprint density at radius 3 is 2.53 bits per heavy atom. The number of hydrogen-bond acceptors (Lipinski definition) is 4. The molecule has 1 fully saturated rings. The number of aliphatic hydroxyl groups is 4. The number of aliphatic hydroxyl groups excluding tert-OH is 2. The van der Waals surface area contributed by atoms with E-state index >= 15 is 0 Å². The maximum absolute atomic E-state index is 10.7. The average molecular weight is 270 g/mol. The minimum atomic E-state index is -1.31. The molecule has 0 aliphatic heterocycles. The van der Waals surface area contributed by atoms with Crippen LogP contribution >= 0.6 is 0 Å². The van der Waals surface area contributed by atoms with Crippen LogP contribution in [-0.4, -0.2) is 44.3 Å². The van der Waals surface area contributed by atoms with Crippen LogP contribution in [0.15, 0.2) is 11.6 Å². The number of hydrogen-bond donors (Lipinski definition) is 4. The van der Waals surface area contributed by atoms with Crippen molar-refractivity contribution in [1.29, 1.82) is 0 Å². The van der Waals surface area contributed by atoms with Gasteiger partial charge in [0, 0.05) is 18.3 Å². The molecule has 110 valence electrons. The highest BCUT2D eigenvalue weighted by molar-refractivity contribution is 5.21. The minimum absolute atomic E-state index is 0.243. The third kappa shape index (κ3) is 2.47. The summed E-state index contributed by atoms with van der Waals surface area (Å²) in [6.45, 7) is 5.51.